The molecule has 0 aliphatic heterocycles. The van der Waals surface area contributed by atoms with Gasteiger partial charge in [0.2, 0.25) is 10.0 Å². The van der Waals surface area contributed by atoms with E-state index < -0.39 is 15.8 Å². The van der Waals surface area contributed by atoms with Crippen LogP contribution in [0.1, 0.15) is 32.6 Å². The van der Waals surface area contributed by atoms with Gasteiger partial charge in [-0.1, -0.05) is 13.0 Å². The van der Waals surface area contributed by atoms with Gasteiger partial charge in [0.1, 0.15) is 5.82 Å². The maximum atomic E-state index is 13.2. The van der Waals surface area contributed by atoms with Crippen molar-refractivity contribution in [2.24, 2.45) is 5.92 Å². The van der Waals surface area contributed by atoms with Crippen LogP contribution in [-0.4, -0.2) is 25.8 Å². The van der Waals surface area contributed by atoms with Crippen molar-refractivity contribution >= 4 is 10.0 Å². The minimum Gasteiger partial charge on any atom is -0.207 e. The van der Waals surface area contributed by atoms with Crippen LogP contribution in [0.15, 0.2) is 29.2 Å². The molecule has 1 aromatic carbocycles. The van der Waals surface area contributed by atoms with Gasteiger partial charge in [0, 0.05) is 13.1 Å². The van der Waals surface area contributed by atoms with E-state index in [1.165, 1.54) is 22.5 Å². The fourth-order valence-corrected chi connectivity index (χ4v) is 4.04. The largest absolute Gasteiger partial charge is 0.243 e. The molecule has 2 rings (SSSR count). The molecule has 0 unspecified atom stereocenters. The average Bonchev–Trinajstić information content (AvgIpc) is 2.39. The Labute approximate surface area is 114 Å². The number of nitrogens with zero attached hydrogens (tertiary/aromatic N) is 1. The quantitative estimate of drug-likeness (QED) is 0.856. The maximum absolute atomic E-state index is 13.2. The molecule has 1 aliphatic rings. The second kappa shape index (κ2) is 5.59. The lowest BCUT2D eigenvalue weighted by atomic mass is 9.87. The van der Waals surface area contributed by atoms with E-state index in [4.69, 9.17) is 0 Å². The summed E-state index contributed by atoms with van der Waals surface area (Å²) in [5.74, 6) is 0.147. The predicted octanol–water partition coefficient (Wildman–Crippen LogP) is 3.02. The molecule has 1 fully saturated rings. The Morgan fingerprint density at radius 3 is 2.42 bits per heavy atom. The summed E-state index contributed by atoms with van der Waals surface area (Å²) in [5.41, 5.74) is 0. The molecule has 0 spiro atoms. The van der Waals surface area contributed by atoms with Crippen molar-refractivity contribution < 1.29 is 12.8 Å². The predicted molar refractivity (Wildman–Crippen MR) is 72.8 cm³/mol. The molecule has 1 saturated carbocycles. The molecular formula is C14H20FNO2S. The molecule has 0 heterocycles. The lowest BCUT2D eigenvalue weighted by molar-refractivity contribution is 0.246. The minimum absolute atomic E-state index is 0.0319. The zero-order valence-electron chi connectivity index (χ0n) is 11.3. The monoisotopic (exact) mass is 285 g/mol. The molecule has 0 bridgehead atoms. The highest BCUT2D eigenvalue weighted by Gasteiger charge is 2.30. The molecule has 0 N–H and O–H groups in total. The molecular weight excluding hydrogens is 265 g/mol. The summed E-state index contributed by atoms with van der Waals surface area (Å²) in [4.78, 5) is 0.0358. The van der Waals surface area contributed by atoms with Gasteiger partial charge in [0.25, 0.3) is 0 Å². The van der Waals surface area contributed by atoms with E-state index in [2.05, 4.69) is 6.92 Å². The van der Waals surface area contributed by atoms with E-state index in [1.807, 2.05) is 0 Å². The molecule has 0 radical (unpaired) electrons. The van der Waals surface area contributed by atoms with Crippen LogP contribution in [-0.2, 0) is 10.0 Å². The highest BCUT2D eigenvalue weighted by atomic mass is 32.2. The second-order valence-corrected chi connectivity index (χ2v) is 7.39. The molecule has 0 saturated heterocycles. The summed E-state index contributed by atoms with van der Waals surface area (Å²) in [6.07, 6.45) is 3.86. The van der Waals surface area contributed by atoms with Crippen LogP contribution < -0.4 is 0 Å². The fourth-order valence-electron chi connectivity index (χ4n) is 2.60. The van der Waals surface area contributed by atoms with Crippen molar-refractivity contribution in [2.45, 2.75) is 43.5 Å². The summed E-state index contributed by atoms with van der Waals surface area (Å²) in [6, 6.07) is 5.24. The number of sulfonamides is 1. The van der Waals surface area contributed by atoms with Gasteiger partial charge in [-0.25, -0.2) is 12.8 Å². The van der Waals surface area contributed by atoms with E-state index in [0.717, 1.165) is 31.7 Å². The third-order valence-electron chi connectivity index (χ3n) is 3.97. The second-order valence-electron chi connectivity index (χ2n) is 5.39. The normalized spacial score (nSPS) is 24.6. The number of benzene rings is 1. The van der Waals surface area contributed by atoms with Gasteiger partial charge in [-0.3, -0.25) is 0 Å². The van der Waals surface area contributed by atoms with Crippen molar-refractivity contribution in [3.8, 4) is 0 Å². The van der Waals surface area contributed by atoms with Crippen LogP contribution in [0.5, 0.6) is 0 Å². The molecule has 5 heteroatoms. The fraction of sp³-hybridized carbons (Fsp3) is 0.571. The zero-order valence-corrected chi connectivity index (χ0v) is 12.2. The standard InChI is InChI=1S/C14H20FNO2S/c1-11-6-8-13(9-7-11)16(2)19(17,18)14-5-3-4-12(15)10-14/h3-5,10-11,13H,6-9H2,1-2H3. The van der Waals surface area contributed by atoms with Crippen LogP contribution in [0, 0.1) is 11.7 Å². The molecule has 0 amide bonds. The molecule has 106 valence electrons. The van der Waals surface area contributed by atoms with Crippen LogP contribution in [0.3, 0.4) is 0 Å². The lowest BCUT2D eigenvalue weighted by Crippen LogP contribution is -2.39. The van der Waals surface area contributed by atoms with Crippen molar-refractivity contribution in [3.63, 3.8) is 0 Å². The zero-order chi connectivity index (χ0) is 14.0. The van der Waals surface area contributed by atoms with Gasteiger partial charge in [-0.05, 0) is 49.8 Å². The van der Waals surface area contributed by atoms with Gasteiger partial charge >= 0.3 is 0 Å². The summed E-state index contributed by atoms with van der Waals surface area (Å²) in [5, 5.41) is 0. The average molecular weight is 285 g/mol. The molecule has 1 aromatic rings. The molecule has 0 atom stereocenters. The van der Waals surface area contributed by atoms with Crippen molar-refractivity contribution in [1.29, 1.82) is 0 Å². The first-order valence-corrected chi connectivity index (χ1v) is 8.09. The first kappa shape index (κ1) is 14.5. The summed E-state index contributed by atoms with van der Waals surface area (Å²) < 4.78 is 39.4. The molecule has 1 aliphatic carbocycles. The maximum Gasteiger partial charge on any atom is 0.243 e. The Morgan fingerprint density at radius 1 is 1.21 bits per heavy atom. The smallest absolute Gasteiger partial charge is 0.207 e. The molecule has 19 heavy (non-hydrogen) atoms. The SMILES string of the molecule is CC1CCC(N(C)S(=O)(=O)c2cccc(F)c2)CC1. The highest BCUT2D eigenvalue weighted by Crippen LogP contribution is 2.29. The first-order valence-electron chi connectivity index (χ1n) is 6.65. The van der Waals surface area contributed by atoms with Crippen LogP contribution >= 0.6 is 0 Å². The summed E-state index contributed by atoms with van der Waals surface area (Å²) in [7, 11) is -1.99. The van der Waals surface area contributed by atoms with Crippen molar-refractivity contribution in [1.82, 2.24) is 4.31 Å². The molecule has 3 nitrogen and oxygen atoms in total. The number of rotatable bonds is 3. The minimum atomic E-state index is -3.59. The Morgan fingerprint density at radius 2 is 1.84 bits per heavy atom. The van der Waals surface area contributed by atoms with Crippen molar-refractivity contribution in [2.75, 3.05) is 7.05 Å². The van der Waals surface area contributed by atoms with Crippen LogP contribution in [0.2, 0.25) is 0 Å². The molecule has 0 aromatic heterocycles. The number of hydrogen-bond acceptors (Lipinski definition) is 2. The Bertz CT molecular complexity index is 536. The van der Waals surface area contributed by atoms with E-state index >= 15 is 0 Å². The van der Waals surface area contributed by atoms with E-state index in [-0.39, 0.29) is 10.9 Å². The number of hydrogen-bond donors (Lipinski definition) is 0. The van der Waals surface area contributed by atoms with Gasteiger partial charge in [0.15, 0.2) is 0 Å². The third-order valence-corrected chi connectivity index (χ3v) is 5.88. The van der Waals surface area contributed by atoms with Gasteiger partial charge in [-0.2, -0.15) is 4.31 Å². The van der Waals surface area contributed by atoms with E-state index in [1.54, 1.807) is 7.05 Å². The summed E-state index contributed by atoms with van der Waals surface area (Å²) in [6.45, 7) is 2.19. The van der Waals surface area contributed by atoms with Crippen LogP contribution in [0.4, 0.5) is 4.39 Å². The number of halogens is 1. The first-order chi connectivity index (χ1) is 8.91. The van der Waals surface area contributed by atoms with Crippen LogP contribution in [0.25, 0.3) is 0 Å². The Kier molecular flexibility index (Phi) is 4.26. The summed E-state index contributed by atoms with van der Waals surface area (Å²) >= 11 is 0. The third kappa shape index (κ3) is 3.15. The van der Waals surface area contributed by atoms with E-state index in [9.17, 15) is 12.8 Å². The van der Waals surface area contributed by atoms with Gasteiger partial charge in [-0.15, -0.1) is 0 Å². The topological polar surface area (TPSA) is 37.4 Å². The lowest BCUT2D eigenvalue weighted by Gasteiger charge is -2.32. The highest BCUT2D eigenvalue weighted by molar-refractivity contribution is 7.89. The van der Waals surface area contributed by atoms with E-state index in [0.29, 0.717) is 5.92 Å². The van der Waals surface area contributed by atoms with Crippen molar-refractivity contribution in [3.05, 3.63) is 30.1 Å². The van der Waals surface area contributed by atoms with Gasteiger partial charge in [0.05, 0.1) is 4.90 Å². The Balaban J connectivity index is 2.20. The Hall–Kier alpha value is -0.940. The van der Waals surface area contributed by atoms with Gasteiger partial charge < -0.3 is 0 Å².